The molecule has 1 fully saturated rings. The molecular formula is C9H9N3O2S. The monoisotopic (exact) mass is 223 g/mol. The lowest BCUT2D eigenvalue weighted by Gasteiger charge is -2.24. The van der Waals surface area contributed by atoms with Crippen LogP contribution in [0.1, 0.15) is 18.4 Å². The Labute approximate surface area is 90.3 Å². The minimum Gasteiger partial charge on any atom is -0.454 e. The minimum atomic E-state index is -0.719. The highest BCUT2D eigenvalue weighted by Crippen LogP contribution is 2.38. The Hall–Kier alpha value is -1.52. The van der Waals surface area contributed by atoms with Gasteiger partial charge in [-0.15, -0.1) is 0 Å². The molecule has 2 heterocycles. The van der Waals surface area contributed by atoms with Crippen LogP contribution in [0, 0.1) is 0 Å². The van der Waals surface area contributed by atoms with Crippen molar-refractivity contribution in [3.63, 3.8) is 0 Å². The SMILES string of the molecule is [N-]=[N+]=NCC1(c2ccsc2)CCC(=O)O1. The zero-order valence-corrected chi connectivity index (χ0v) is 8.74. The number of hydrogen-bond donors (Lipinski definition) is 0. The van der Waals surface area contributed by atoms with Crippen molar-refractivity contribution < 1.29 is 9.53 Å². The van der Waals surface area contributed by atoms with E-state index in [1.165, 1.54) is 11.3 Å². The van der Waals surface area contributed by atoms with Gasteiger partial charge >= 0.3 is 5.97 Å². The average molecular weight is 223 g/mol. The third-order valence-electron chi connectivity index (χ3n) is 2.48. The Morgan fingerprint density at radius 1 is 1.73 bits per heavy atom. The van der Waals surface area contributed by atoms with Crippen molar-refractivity contribution in [1.29, 1.82) is 0 Å². The number of cyclic esters (lactones) is 1. The molecule has 0 aromatic carbocycles. The number of nitrogens with zero attached hydrogens (tertiary/aromatic N) is 3. The van der Waals surface area contributed by atoms with Gasteiger partial charge in [-0.1, -0.05) is 5.11 Å². The zero-order chi connectivity index (χ0) is 10.7. The molecule has 0 aliphatic carbocycles. The number of esters is 1. The fourth-order valence-electron chi connectivity index (χ4n) is 1.70. The molecule has 1 aromatic rings. The van der Waals surface area contributed by atoms with Crippen molar-refractivity contribution in [3.8, 4) is 0 Å². The summed E-state index contributed by atoms with van der Waals surface area (Å²) in [5.41, 5.74) is 8.53. The van der Waals surface area contributed by atoms with Gasteiger partial charge in [-0.25, -0.2) is 0 Å². The van der Waals surface area contributed by atoms with Gasteiger partial charge < -0.3 is 4.74 Å². The van der Waals surface area contributed by atoms with E-state index < -0.39 is 5.60 Å². The van der Waals surface area contributed by atoms with E-state index in [-0.39, 0.29) is 12.5 Å². The molecule has 15 heavy (non-hydrogen) atoms. The lowest BCUT2D eigenvalue weighted by Crippen LogP contribution is -2.28. The smallest absolute Gasteiger partial charge is 0.306 e. The number of ether oxygens (including phenoxy) is 1. The largest absolute Gasteiger partial charge is 0.454 e. The molecule has 1 atom stereocenters. The molecule has 0 saturated carbocycles. The number of hydrogen-bond acceptors (Lipinski definition) is 4. The van der Waals surface area contributed by atoms with Crippen molar-refractivity contribution in [2.24, 2.45) is 5.11 Å². The average Bonchev–Trinajstić information content (AvgIpc) is 2.84. The summed E-state index contributed by atoms with van der Waals surface area (Å²) in [7, 11) is 0. The molecule has 6 heteroatoms. The predicted molar refractivity (Wildman–Crippen MR) is 55.3 cm³/mol. The van der Waals surface area contributed by atoms with E-state index in [1.54, 1.807) is 0 Å². The summed E-state index contributed by atoms with van der Waals surface area (Å²) in [5.74, 6) is -0.227. The van der Waals surface area contributed by atoms with Gasteiger partial charge in [0.15, 0.2) is 0 Å². The van der Waals surface area contributed by atoms with E-state index in [4.69, 9.17) is 10.3 Å². The van der Waals surface area contributed by atoms with Crippen LogP contribution in [0.5, 0.6) is 0 Å². The van der Waals surface area contributed by atoms with Crippen molar-refractivity contribution in [2.45, 2.75) is 18.4 Å². The maximum absolute atomic E-state index is 11.2. The fraction of sp³-hybridized carbons (Fsp3) is 0.444. The van der Waals surface area contributed by atoms with Gasteiger partial charge in [0, 0.05) is 23.3 Å². The maximum atomic E-state index is 11.2. The number of rotatable bonds is 3. The molecule has 0 spiro atoms. The molecule has 0 N–H and O–H groups in total. The van der Waals surface area contributed by atoms with Crippen LogP contribution in [-0.4, -0.2) is 12.5 Å². The molecule has 0 amide bonds. The van der Waals surface area contributed by atoms with Gasteiger partial charge in [0.2, 0.25) is 0 Å². The molecule has 78 valence electrons. The Bertz CT molecular complexity index is 411. The van der Waals surface area contributed by atoms with E-state index in [2.05, 4.69) is 10.0 Å². The topological polar surface area (TPSA) is 75.1 Å². The van der Waals surface area contributed by atoms with Crippen LogP contribution in [0.2, 0.25) is 0 Å². The molecule has 2 rings (SSSR count). The normalized spacial score (nSPS) is 24.7. The highest BCUT2D eigenvalue weighted by molar-refractivity contribution is 7.08. The Morgan fingerprint density at radius 3 is 3.13 bits per heavy atom. The van der Waals surface area contributed by atoms with Crippen molar-refractivity contribution in [2.75, 3.05) is 6.54 Å². The molecular weight excluding hydrogens is 214 g/mol. The van der Waals surface area contributed by atoms with Crippen LogP contribution in [0.15, 0.2) is 21.9 Å². The molecule has 1 unspecified atom stereocenters. The van der Waals surface area contributed by atoms with Gasteiger partial charge in [-0.05, 0) is 22.4 Å². The van der Waals surface area contributed by atoms with Crippen LogP contribution < -0.4 is 0 Å². The number of carbonyl (C=O) groups is 1. The second-order valence-corrected chi connectivity index (χ2v) is 4.15. The summed E-state index contributed by atoms with van der Waals surface area (Å²) in [6.45, 7) is 0.173. The van der Waals surface area contributed by atoms with E-state index in [1.807, 2.05) is 16.8 Å². The van der Waals surface area contributed by atoms with Crippen LogP contribution in [0.3, 0.4) is 0 Å². The molecule has 0 bridgehead atoms. The Morgan fingerprint density at radius 2 is 2.60 bits per heavy atom. The third-order valence-corrected chi connectivity index (χ3v) is 3.16. The number of thiophene rings is 1. The standard InChI is InChI=1S/C9H9N3O2S/c10-12-11-6-9(3-1-8(13)14-9)7-2-4-15-5-7/h2,4-5H,1,3,6H2. The number of carbonyl (C=O) groups excluding carboxylic acids is 1. The lowest BCUT2D eigenvalue weighted by atomic mass is 9.93. The summed E-state index contributed by atoms with van der Waals surface area (Å²) in [4.78, 5) is 13.9. The predicted octanol–water partition coefficient (Wildman–Crippen LogP) is 2.59. The van der Waals surface area contributed by atoms with Crippen LogP contribution in [-0.2, 0) is 15.1 Å². The van der Waals surface area contributed by atoms with Gasteiger partial charge in [0.1, 0.15) is 5.60 Å². The second kappa shape index (κ2) is 3.92. The quantitative estimate of drug-likeness (QED) is 0.342. The van der Waals surface area contributed by atoms with E-state index in [0.717, 1.165) is 5.56 Å². The Kier molecular flexibility index (Phi) is 2.62. The Balaban J connectivity index is 2.31. The zero-order valence-electron chi connectivity index (χ0n) is 7.92. The third kappa shape index (κ3) is 1.82. The lowest BCUT2D eigenvalue weighted by molar-refractivity contribution is -0.148. The summed E-state index contributed by atoms with van der Waals surface area (Å²) in [6, 6.07) is 1.90. The summed E-state index contributed by atoms with van der Waals surface area (Å²) >= 11 is 1.53. The first-order valence-corrected chi connectivity index (χ1v) is 5.46. The van der Waals surface area contributed by atoms with Crippen LogP contribution in [0.4, 0.5) is 0 Å². The molecule has 1 aliphatic rings. The molecule has 1 aliphatic heterocycles. The van der Waals surface area contributed by atoms with Crippen molar-refractivity contribution >= 4 is 17.3 Å². The van der Waals surface area contributed by atoms with Gasteiger partial charge in [0.25, 0.3) is 0 Å². The second-order valence-electron chi connectivity index (χ2n) is 3.37. The fourth-order valence-corrected chi connectivity index (χ4v) is 2.44. The molecule has 0 radical (unpaired) electrons. The molecule has 1 aromatic heterocycles. The van der Waals surface area contributed by atoms with Crippen LogP contribution >= 0.6 is 11.3 Å². The molecule has 5 nitrogen and oxygen atoms in total. The minimum absolute atomic E-state index is 0.173. The van der Waals surface area contributed by atoms with Gasteiger partial charge in [-0.2, -0.15) is 11.3 Å². The highest BCUT2D eigenvalue weighted by atomic mass is 32.1. The van der Waals surface area contributed by atoms with Crippen LogP contribution in [0.25, 0.3) is 10.4 Å². The van der Waals surface area contributed by atoms with Gasteiger partial charge in [0.05, 0.1) is 6.54 Å². The molecule has 1 saturated heterocycles. The first-order valence-electron chi connectivity index (χ1n) is 4.52. The maximum Gasteiger partial charge on any atom is 0.306 e. The summed E-state index contributed by atoms with van der Waals surface area (Å²) < 4.78 is 5.30. The van der Waals surface area contributed by atoms with Gasteiger partial charge in [-0.3, -0.25) is 4.79 Å². The van der Waals surface area contributed by atoms with Crippen molar-refractivity contribution in [1.82, 2.24) is 0 Å². The van der Waals surface area contributed by atoms with E-state index >= 15 is 0 Å². The number of azide groups is 1. The first-order chi connectivity index (χ1) is 7.27. The highest BCUT2D eigenvalue weighted by Gasteiger charge is 2.41. The van der Waals surface area contributed by atoms with E-state index in [9.17, 15) is 4.79 Å². The van der Waals surface area contributed by atoms with Crippen molar-refractivity contribution in [3.05, 3.63) is 32.8 Å². The van der Waals surface area contributed by atoms with E-state index in [0.29, 0.717) is 12.8 Å². The summed E-state index contributed by atoms with van der Waals surface area (Å²) in [6.07, 6.45) is 0.971. The first kappa shape index (κ1) is 10.0. The summed E-state index contributed by atoms with van der Waals surface area (Å²) in [5, 5.41) is 7.36.